The van der Waals surface area contributed by atoms with E-state index in [4.69, 9.17) is 0 Å². The highest BCUT2D eigenvalue weighted by Crippen LogP contribution is 2.10. The van der Waals surface area contributed by atoms with Gasteiger partial charge in [0.25, 0.3) is 0 Å². The number of hydrogen-bond acceptors (Lipinski definition) is 3. The Kier molecular flexibility index (Phi) is 9.47. The summed E-state index contributed by atoms with van der Waals surface area (Å²) in [4.78, 5) is 11.4. The lowest BCUT2D eigenvalue weighted by atomic mass is 10.1. The normalized spacial score (nSPS) is 16.7. The van der Waals surface area contributed by atoms with E-state index in [1.54, 1.807) is 0 Å². The molecule has 0 saturated carbocycles. The topological polar surface area (TPSA) is 52.5 Å². The molecule has 0 radical (unpaired) electrons. The maximum absolute atomic E-state index is 4.50. The van der Waals surface area contributed by atoms with Crippen molar-refractivity contribution in [3.8, 4) is 0 Å². The second-order valence-corrected chi connectivity index (χ2v) is 5.96. The molecule has 0 unspecified atom stereocenters. The summed E-state index contributed by atoms with van der Waals surface area (Å²) < 4.78 is 0. The van der Waals surface area contributed by atoms with Gasteiger partial charge in [0.1, 0.15) is 0 Å². The number of nitrogens with one attached hydrogen (secondary N) is 2. The van der Waals surface area contributed by atoms with Crippen LogP contribution in [0.4, 0.5) is 0 Å². The van der Waals surface area contributed by atoms with Gasteiger partial charge in [-0.1, -0.05) is 13.0 Å². The second kappa shape index (κ2) is 10.8. The first kappa shape index (κ1) is 20.2. The van der Waals surface area contributed by atoms with Crippen LogP contribution in [0.2, 0.25) is 0 Å². The summed E-state index contributed by atoms with van der Waals surface area (Å²) in [5.41, 5.74) is 2.09. The predicted molar refractivity (Wildman–Crippen MR) is 107 cm³/mol. The van der Waals surface area contributed by atoms with E-state index in [0.717, 1.165) is 17.3 Å². The molecule has 1 saturated heterocycles. The summed E-state index contributed by atoms with van der Waals surface area (Å²) in [5.74, 6) is 0.872. The summed E-state index contributed by atoms with van der Waals surface area (Å²) in [6.45, 7) is 8.55. The smallest absolute Gasteiger partial charge is 0.191 e. The van der Waals surface area contributed by atoms with E-state index in [2.05, 4.69) is 32.4 Å². The van der Waals surface area contributed by atoms with Gasteiger partial charge in [-0.3, -0.25) is 9.98 Å². The summed E-state index contributed by atoms with van der Waals surface area (Å²) >= 11 is 0. The van der Waals surface area contributed by atoms with Crippen LogP contribution in [0.5, 0.6) is 0 Å². The largest absolute Gasteiger partial charge is 0.354 e. The molecule has 0 bridgehead atoms. The fourth-order valence-electron chi connectivity index (χ4n) is 2.88. The molecule has 130 valence electrons. The van der Waals surface area contributed by atoms with Crippen molar-refractivity contribution in [2.75, 3.05) is 26.7 Å². The summed E-state index contributed by atoms with van der Waals surface area (Å²) in [5, 5.41) is 6.90. The van der Waals surface area contributed by atoms with Gasteiger partial charge >= 0.3 is 0 Å². The number of guanidine groups is 1. The van der Waals surface area contributed by atoms with Gasteiger partial charge in [0.2, 0.25) is 0 Å². The number of nitrogens with zero attached hydrogens (tertiary/aromatic N) is 3. The third kappa shape index (κ3) is 7.03. The Bertz CT molecular complexity index is 484. The standard InChI is InChI=1S/C17H29N5.HI/c1-4-10-22-11-8-15(9-12-22)21-17(18-3)19-13-16-7-5-6-14(2)20-16;/h5-7,15H,4,8-13H2,1-3H3,(H2,18,19,21);1H. The first-order chi connectivity index (χ1) is 10.7. The van der Waals surface area contributed by atoms with Crippen LogP contribution in [0.3, 0.4) is 0 Å². The minimum absolute atomic E-state index is 0. The minimum Gasteiger partial charge on any atom is -0.354 e. The lowest BCUT2D eigenvalue weighted by Gasteiger charge is -2.32. The molecule has 2 N–H and O–H groups in total. The quantitative estimate of drug-likeness (QED) is 0.428. The monoisotopic (exact) mass is 431 g/mol. The molecule has 5 nitrogen and oxygen atoms in total. The minimum atomic E-state index is 0. The van der Waals surface area contributed by atoms with Gasteiger partial charge in [-0.15, -0.1) is 24.0 Å². The Morgan fingerprint density at radius 2 is 2.09 bits per heavy atom. The van der Waals surface area contributed by atoms with Gasteiger partial charge in [0.05, 0.1) is 12.2 Å². The average molecular weight is 431 g/mol. The van der Waals surface area contributed by atoms with Gasteiger partial charge in [0, 0.05) is 31.9 Å². The number of piperidine rings is 1. The highest BCUT2D eigenvalue weighted by atomic mass is 127. The van der Waals surface area contributed by atoms with Crippen LogP contribution in [0, 0.1) is 6.92 Å². The summed E-state index contributed by atoms with van der Waals surface area (Å²) in [6, 6.07) is 6.61. The van der Waals surface area contributed by atoms with E-state index in [0.29, 0.717) is 12.6 Å². The maximum atomic E-state index is 4.50. The van der Waals surface area contributed by atoms with Gasteiger partial charge in [-0.25, -0.2) is 0 Å². The predicted octanol–water partition coefficient (Wildman–Crippen LogP) is 2.55. The maximum Gasteiger partial charge on any atom is 0.191 e. The number of halogens is 1. The molecule has 1 aromatic rings. The van der Waals surface area contributed by atoms with E-state index in [9.17, 15) is 0 Å². The molecule has 1 aromatic heterocycles. The first-order valence-electron chi connectivity index (χ1n) is 8.33. The lowest BCUT2D eigenvalue weighted by molar-refractivity contribution is 0.206. The van der Waals surface area contributed by atoms with Crippen LogP contribution >= 0.6 is 24.0 Å². The fourth-order valence-corrected chi connectivity index (χ4v) is 2.88. The molecule has 2 heterocycles. The van der Waals surface area contributed by atoms with Crippen LogP contribution in [0.25, 0.3) is 0 Å². The number of aromatic nitrogens is 1. The molecule has 0 spiro atoms. The van der Waals surface area contributed by atoms with Crippen molar-refractivity contribution >= 4 is 29.9 Å². The molecule has 0 atom stereocenters. The summed E-state index contributed by atoms with van der Waals surface area (Å²) in [7, 11) is 1.82. The van der Waals surface area contributed by atoms with Crippen molar-refractivity contribution < 1.29 is 0 Å². The van der Waals surface area contributed by atoms with Crippen LogP contribution in [0.15, 0.2) is 23.2 Å². The number of likely N-dealkylation sites (tertiary alicyclic amines) is 1. The first-order valence-corrected chi connectivity index (χ1v) is 8.33. The van der Waals surface area contributed by atoms with Crippen molar-refractivity contribution in [1.82, 2.24) is 20.5 Å². The van der Waals surface area contributed by atoms with Crippen molar-refractivity contribution in [2.24, 2.45) is 4.99 Å². The van der Waals surface area contributed by atoms with Crippen molar-refractivity contribution in [3.63, 3.8) is 0 Å². The third-order valence-corrected chi connectivity index (χ3v) is 4.07. The molecule has 1 aliphatic heterocycles. The van der Waals surface area contributed by atoms with Crippen molar-refractivity contribution in [2.45, 2.75) is 45.7 Å². The fraction of sp³-hybridized carbons (Fsp3) is 0.647. The van der Waals surface area contributed by atoms with Gasteiger partial charge in [-0.2, -0.15) is 0 Å². The molecular weight excluding hydrogens is 401 g/mol. The zero-order chi connectivity index (χ0) is 15.8. The molecule has 0 aliphatic carbocycles. The number of pyridine rings is 1. The highest BCUT2D eigenvalue weighted by Gasteiger charge is 2.19. The van der Waals surface area contributed by atoms with Gasteiger partial charge in [-0.05, 0) is 44.9 Å². The van der Waals surface area contributed by atoms with Gasteiger partial charge in [0.15, 0.2) is 5.96 Å². The third-order valence-electron chi connectivity index (χ3n) is 4.07. The van der Waals surface area contributed by atoms with Crippen molar-refractivity contribution in [3.05, 3.63) is 29.6 Å². The van der Waals surface area contributed by atoms with E-state index in [1.165, 1.54) is 38.9 Å². The van der Waals surface area contributed by atoms with E-state index >= 15 is 0 Å². The lowest BCUT2D eigenvalue weighted by Crippen LogP contribution is -2.48. The Labute approximate surface area is 157 Å². The second-order valence-electron chi connectivity index (χ2n) is 5.96. The molecule has 0 aromatic carbocycles. The molecule has 23 heavy (non-hydrogen) atoms. The Morgan fingerprint density at radius 3 is 2.70 bits per heavy atom. The van der Waals surface area contributed by atoms with Crippen molar-refractivity contribution in [1.29, 1.82) is 0 Å². The molecule has 6 heteroatoms. The van der Waals surface area contributed by atoms with Gasteiger partial charge < -0.3 is 15.5 Å². The molecule has 0 amide bonds. The SMILES string of the molecule is CCCN1CCC(NC(=NC)NCc2cccc(C)n2)CC1.I. The molecular formula is C17H30IN5. The average Bonchev–Trinajstić information content (AvgIpc) is 2.53. The summed E-state index contributed by atoms with van der Waals surface area (Å²) in [6.07, 6.45) is 3.61. The van der Waals surface area contributed by atoms with E-state index < -0.39 is 0 Å². The number of aryl methyl sites for hydroxylation is 1. The highest BCUT2D eigenvalue weighted by molar-refractivity contribution is 14.0. The Balaban J connectivity index is 0.00000264. The van der Waals surface area contributed by atoms with E-state index in [1.807, 2.05) is 32.2 Å². The van der Waals surface area contributed by atoms with Crippen LogP contribution in [-0.4, -0.2) is 48.6 Å². The Hall–Kier alpha value is -0.890. The van der Waals surface area contributed by atoms with Crippen LogP contribution in [-0.2, 0) is 6.54 Å². The zero-order valence-corrected chi connectivity index (χ0v) is 16.8. The van der Waals surface area contributed by atoms with Crippen LogP contribution < -0.4 is 10.6 Å². The number of rotatable bonds is 5. The molecule has 1 aliphatic rings. The van der Waals surface area contributed by atoms with Crippen LogP contribution in [0.1, 0.15) is 37.6 Å². The molecule has 1 fully saturated rings. The zero-order valence-electron chi connectivity index (χ0n) is 14.5. The molecule has 2 rings (SSSR count). The number of hydrogen-bond donors (Lipinski definition) is 2. The Morgan fingerprint density at radius 1 is 1.35 bits per heavy atom. The van der Waals surface area contributed by atoms with E-state index in [-0.39, 0.29) is 24.0 Å². The number of aliphatic imine (C=N–C) groups is 1.